The summed E-state index contributed by atoms with van der Waals surface area (Å²) in [5.41, 5.74) is 0.691. The maximum atomic E-state index is 13.3. The molecular formula is C25H32N6O5S2. The van der Waals surface area contributed by atoms with E-state index < -0.39 is 15.7 Å². The number of sulfone groups is 1. The largest absolute Gasteiger partial charge is 0.379 e. The highest BCUT2D eigenvalue weighted by Crippen LogP contribution is 2.33. The number of rotatable bonds is 10. The number of ether oxygens (including phenoxy) is 1. The van der Waals surface area contributed by atoms with Gasteiger partial charge in [0.2, 0.25) is 0 Å². The van der Waals surface area contributed by atoms with Gasteiger partial charge >= 0.3 is 0 Å². The highest BCUT2D eigenvalue weighted by atomic mass is 32.2. The predicted octanol–water partition coefficient (Wildman–Crippen LogP) is 1.58. The fourth-order valence-electron chi connectivity index (χ4n) is 4.38. The molecule has 5 rings (SSSR count). The summed E-state index contributed by atoms with van der Waals surface area (Å²) >= 11 is 1.09. The predicted molar refractivity (Wildman–Crippen MR) is 144 cm³/mol. The van der Waals surface area contributed by atoms with Crippen molar-refractivity contribution in [3.8, 4) is 0 Å². The molecule has 204 valence electrons. The van der Waals surface area contributed by atoms with E-state index in [4.69, 9.17) is 4.74 Å². The number of hydrogen-bond donors (Lipinski definition) is 2. The third kappa shape index (κ3) is 6.57. The molecule has 2 N–H and O–H groups in total. The molecule has 0 atom stereocenters. The molecule has 0 spiro atoms. The maximum Gasteiger partial charge on any atom is 0.278 e. The van der Waals surface area contributed by atoms with Gasteiger partial charge in [-0.3, -0.25) is 24.8 Å². The van der Waals surface area contributed by atoms with E-state index in [1.807, 2.05) is 5.01 Å². The van der Waals surface area contributed by atoms with E-state index in [-0.39, 0.29) is 26.9 Å². The van der Waals surface area contributed by atoms with E-state index in [0.29, 0.717) is 43.0 Å². The number of anilines is 1. The van der Waals surface area contributed by atoms with Crippen molar-refractivity contribution >= 4 is 43.8 Å². The summed E-state index contributed by atoms with van der Waals surface area (Å²) in [4.78, 5) is 32.9. The lowest BCUT2D eigenvalue weighted by Gasteiger charge is -2.26. The molecule has 1 aromatic heterocycles. The zero-order valence-corrected chi connectivity index (χ0v) is 22.7. The van der Waals surface area contributed by atoms with Crippen molar-refractivity contribution in [3.05, 3.63) is 40.9 Å². The minimum absolute atomic E-state index is 0.175. The van der Waals surface area contributed by atoms with Gasteiger partial charge in [-0.2, -0.15) is 5.10 Å². The molecule has 2 amide bonds. The summed E-state index contributed by atoms with van der Waals surface area (Å²) in [6, 6.07) is 6.33. The topological polar surface area (TPSA) is 133 Å². The van der Waals surface area contributed by atoms with Crippen LogP contribution in [0.5, 0.6) is 0 Å². The van der Waals surface area contributed by atoms with Crippen molar-refractivity contribution in [2.24, 2.45) is 5.10 Å². The summed E-state index contributed by atoms with van der Waals surface area (Å²) in [5.74, 6) is -0.710. The minimum atomic E-state index is -3.32. The van der Waals surface area contributed by atoms with Gasteiger partial charge in [0.25, 0.3) is 11.8 Å². The normalized spacial score (nSPS) is 18.9. The Balaban J connectivity index is 1.24. The van der Waals surface area contributed by atoms with E-state index in [1.54, 1.807) is 24.3 Å². The van der Waals surface area contributed by atoms with Gasteiger partial charge in [-0.25, -0.2) is 13.4 Å². The molecule has 2 aromatic rings. The van der Waals surface area contributed by atoms with Crippen LogP contribution in [0, 0.1) is 0 Å². The summed E-state index contributed by atoms with van der Waals surface area (Å²) in [6.07, 6.45) is 4.81. The number of amides is 2. The fraction of sp³-hybridized carbons (Fsp3) is 0.520. The number of aromatic nitrogens is 1. The van der Waals surface area contributed by atoms with Gasteiger partial charge in [-0.15, -0.1) is 0 Å². The Morgan fingerprint density at radius 2 is 1.79 bits per heavy atom. The van der Waals surface area contributed by atoms with E-state index in [0.717, 1.165) is 56.9 Å². The first kappa shape index (κ1) is 26.7. The van der Waals surface area contributed by atoms with E-state index in [2.05, 4.69) is 25.6 Å². The number of thiazole rings is 1. The minimum Gasteiger partial charge on any atom is -0.379 e. The SMILES string of the molecule is O=C(Nc1ncc(C(=O)NCCN2CCOCC2)s1)/C(=N/N1CCCC1)c1ccc(S(=O)(=O)C2CC2)cc1. The van der Waals surface area contributed by atoms with E-state index >= 15 is 0 Å². The molecule has 3 fully saturated rings. The molecule has 38 heavy (non-hydrogen) atoms. The zero-order chi connectivity index (χ0) is 26.5. The van der Waals surface area contributed by atoms with Crippen LogP contribution in [-0.4, -0.2) is 98.6 Å². The summed E-state index contributed by atoms with van der Waals surface area (Å²) in [6.45, 7) is 5.87. The number of morpholine rings is 1. The maximum absolute atomic E-state index is 13.3. The van der Waals surface area contributed by atoms with Crippen molar-refractivity contribution in [3.63, 3.8) is 0 Å². The van der Waals surface area contributed by atoms with Crippen LogP contribution in [0.3, 0.4) is 0 Å². The Morgan fingerprint density at radius 3 is 2.47 bits per heavy atom. The third-order valence-electron chi connectivity index (χ3n) is 6.73. The first-order chi connectivity index (χ1) is 18.4. The number of nitrogens with one attached hydrogen (secondary N) is 2. The molecule has 11 nitrogen and oxygen atoms in total. The number of hydrazone groups is 1. The molecule has 1 aromatic carbocycles. The van der Waals surface area contributed by atoms with Crippen LogP contribution in [0.2, 0.25) is 0 Å². The van der Waals surface area contributed by atoms with Crippen molar-refractivity contribution < 1.29 is 22.7 Å². The van der Waals surface area contributed by atoms with Gasteiger partial charge < -0.3 is 10.1 Å². The molecule has 2 aliphatic heterocycles. The Bertz CT molecular complexity index is 1280. The van der Waals surface area contributed by atoms with Crippen LogP contribution in [0.15, 0.2) is 40.5 Å². The standard InChI is InChI=1S/C25H32N6O5S2/c32-23(26-9-12-30-13-15-36-16-14-30)21-17-27-25(37-21)28-24(33)22(29-31-10-1-2-11-31)18-3-5-19(6-4-18)38(34,35)20-7-8-20/h3-6,17,20H,1-2,7-16H2,(H,26,32)(H,27,28,33)/b29-22+. The Kier molecular flexibility index (Phi) is 8.36. The molecular weight excluding hydrogens is 528 g/mol. The van der Waals surface area contributed by atoms with E-state index in [1.165, 1.54) is 6.20 Å². The summed E-state index contributed by atoms with van der Waals surface area (Å²) in [5, 5.41) is 12.1. The van der Waals surface area contributed by atoms with Crippen LogP contribution < -0.4 is 10.6 Å². The number of benzene rings is 1. The Labute approximate surface area is 226 Å². The van der Waals surface area contributed by atoms with Gasteiger partial charge in [-0.05, 0) is 37.8 Å². The fourth-order valence-corrected chi connectivity index (χ4v) is 6.77. The van der Waals surface area contributed by atoms with Crippen molar-refractivity contribution in [2.45, 2.75) is 35.8 Å². The lowest BCUT2D eigenvalue weighted by Crippen LogP contribution is -2.41. The highest BCUT2D eigenvalue weighted by molar-refractivity contribution is 7.92. The van der Waals surface area contributed by atoms with Gasteiger partial charge in [-0.1, -0.05) is 23.5 Å². The smallest absolute Gasteiger partial charge is 0.278 e. The van der Waals surface area contributed by atoms with Gasteiger partial charge in [0.1, 0.15) is 4.88 Å². The Morgan fingerprint density at radius 1 is 1.08 bits per heavy atom. The second kappa shape index (κ2) is 11.9. The third-order valence-corrected chi connectivity index (χ3v) is 9.92. The van der Waals surface area contributed by atoms with Crippen LogP contribution in [0.4, 0.5) is 5.13 Å². The molecule has 1 saturated carbocycles. The second-order valence-corrected chi connectivity index (χ2v) is 12.8. The van der Waals surface area contributed by atoms with Crippen LogP contribution in [-0.2, 0) is 19.4 Å². The lowest BCUT2D eigenvalue weighted by molar-refractivity contribution is -0.110. The highest BCUT2D eigenvalue weighted by Gasteiger charge is 2.36. The molecule has 3 heterocycles. The number of carbonyl (C=O) groups excluding carboxylic acids is 2. The van der Waals surface area contributed by atoms with Crippen molar-refractivity contribution in [1.82, 2.24) is 20.2 Å². The summed E-state index contributed by atoms with van der Waals surface area (Å²) in [7, 11) is -3.32. The first-order valence-electron chi connectivity index (χ1n) is 12.9. The average Bonchev–Trinajstić information content (AvgIpc) is 3.48. The van der Waals surface area contributed by atoms with Crippen LogP contribution in [0.25, 0.3) is 0 Å². The first-order valence-corrected chi connectivity index (χ1v) is 15.3. The molecule has 1 aliphatic carbocycles. The van der Waals surface area contributed by atoms with Gasteiger partial charge in [0, 0.05) is 44.8 Å². The number of nitrogens with zero attached hydrogens (tertiary/aromatic N) is 4. The molecule has 13 heteroatoms. The summed E-state index contributed by atoms with van der Waals surface area (Å²) < 4.78 is 30.5. The lowest BCUT2D eigenvalue weighted by atomic mass is 10.1. The average molecular weight is 561 g/mol. The molecule has 2 saturated heterocycles. The van der Waals surface area contributed by atoms with Crippen LogP contribution >= 0.6 is 11.3 Å². The molecule has 0 unspecified atom stereocenters. The van der Waals surface area contributed by atoms with Crippen LogP contribution in [0.1, 0.15) is 40.9 Å². The molecule has 3 aliphatic rings. The monoisotopic (exact) mass is 560 g/mol. The second-order valence-electron chi connectivity index (χ2n) is 9.57. The van der Waals surface area contributed by atoms with Gasteiger partial charge in [0.05, 0.1) is 29.6 Å². The molecule has 0 bridgehead atoms. The Hall–Kier alpha value is -2.87. The van der Waals surface area contributed by atoms with E-state index in [9.17, 15) is 18.0 Å². The zero-order valence-electron chi connectivity index (χ0n) is 21.1. The quantitative estimate of drug-likeness (QED) is 0.419. The van der Waals surface area contributed by atoms with Crippen molar-refractivity contribution in [1.29, 1.82) is 0 Å². The number of hydrogen-bond acceptors (Lipinski definition) is 10. The number of carbonyl (C=O) groups is 2. The van der Waals surface area contributed by atoms with Crippen molar-refractivity contribution in [2.75, 3.05) is 57.8 Å². The van der Waals surface area contributed by atoms with Gasteiger partial charge in [0.15, 0.2) is 20.7 Å². The molecule has 0 radical (unpaired) electrons.